The largest absolute Gasteiger partial charge is 0.452 e. The number of rotatable bonds is 4. The number of likely N-dealkylation sites (tertiary alicyclic amines) is 1. The lowest BCUT2D eigenvalue weighted by atomic mass is 10.2. The van der Waals surface area contributed by atoms with E-state index >= 15 is 0 Å². The number of imide groups is 1. The van der Waals surface area contributed by atoms with Crippen molar-refractivity contribution in [2.75, 3.05) is 13.2 Å². The van der Waals surface area contributed by atoms with Gasteiger partial charge in [0, 0.05) is 19.0 Å². The van der Waals surface area contributed by atoms with E-state index in [0.717, 1.165) is 4.90 Å². The molecule has 0 bridgehead atoms. The summed E-state index contributed by atoms with van der Waals surface area (Å²) in [6.45, 7) is -0.308. The Morgan fingerprint density at radius 3 is 2.67 bits per heavy atom. The summed E-state index contributed by atoms with van der Waals surface area (Å²) in [4.78, 5) is 46.0. The van der Waals surface area contributed by atoms with Crippen LogP contribution in [0.15, 0.2) is 24.3 Å². The zero-order chi connectivity index (χ0) is 15.4. The number of esters is 1. The summed E-state index contributed by atoms with van der Waals surface area (Å²) in [5, 5.41) is 10.8. The minimum absolute atomic E-state index is 0.233. The first-order valence-corrected chi connectivity index (χ1v) is 6.24. The van der Waals surface area contributed by atoms with E-state index in [1.807, 2.05) is 0 Å². The van der Waals surface area contributed by atoms with Gasteiger partial charge in [-0.25, -0.2) is 4.79 Å². The molecular weight excluding hydrogens is 280 g/mol. The number of hydrogen-bond donors (Lipinski definition) is 0. The summed E-state index contributed by atoms with van der Waals surface area (Å²) in [5.74, 6) is -1.89. The summed E-state index contributed by atoms with van der Waals surface area (Å²) in [7, 11) is 0. The summed E-state index contributed by atoms with van der Waals surface area (Å²) in [5.41, 5.74) is -0.629. The monoisotopic (exact) mass is 292 g/mol. The molecule has 8 nitrogen and oxygen atoms in total. The van der Waals surface area contributed by atoms with Gasteiger partial charge in [0.15, 0.2) is 6.61 Å². The number of ether oxygens (including phenoxy) is 1. The van der Waals surface area contributed by atoms with Gasteiger partial charge in [0.1, 0.15) is 5.56 Å². The molecule has 1 aliphatic heterocycles. The van der Waals surface area contributed by atoms with Gasteiger partial charge in [0.2, 0.25) is 5.91 Å². The van der Waals surface area contributed by atoms with Gasteiger partial charge in [-0.05, 0) is 12.5 Å². The molecule has 8 heteroatoms. The van der Waals surface area contributed by atoms with Crippen molar-refractivity contribution in [3.8, 4) is 0 Å². The third-order valence-corrected chi connectivity index (χ3v) is 3.02. The number of nitro benzene ring substituents is 1. The Balaban J connectivity index is 2.01. The third kappa shape index (κ3) is 3.22. The van der Waals surface area contributed by atoms with Gasteiger partial charge in [-0.2, -0.15) is 0 Å². The van der Waals surface area contributed by atoms with Crippen LogP contribution in [0.5, 0.6) is 0 Å². The maximum atomic E-state index is 11.8. The standard InChI is InChI=1S/C13H12N2O6/c16-11-6-3-7-14(11)12(17)8-21-13(18)9-4-1-2-5-10(9)15(19)20/h1-2,4-5H,3,6-8H2. The molecule has 0 spiro atoms. The van der Waals surface area contributed by atoms with Crippen molar-refractivity contribution in [3.05, 3.63) is 39.9 Å². The molecular formula is C13H12N2O6. The molecule has 21 heavy (non-hydrogen) atoms. The Labute approximate surface area is 119 Å². The van der Waals surface area contributed by atoms with Crippen molar-refractivity contribution < 1.29 is 24.0 Å². The normalized spacial score (nSPS) is 14.1. The van der Waals surface area contributed by atoms with Crippen LogP contribution in [0.4, 0.5) is 5.69 Å². The molecule has 0 saturated carbocycles. The van der Waals surface area contributed by atoms with E-state index in [0.29, 0.717) is 19.4 Å². The van der Waals surface area contributed by atoms with Crippen LogP contribution >= 0.6 is 0 Å². The molecule has 110 valence electrons. The third-order valence-electron chi connectivity index (χ3n) is 3.02. The topological polar surface area (TPSA) is 107 Å². The highest BCUT2D eigenvalue weighted by molar-refractivity contribution is 5.99. The van der Waals surface area contributed by atoms with E-state index in [1.165, 1.54) is 24.3 Å². The fourth-order valence-corrected chi connectivity index (χ4v) is 2.00. The number of nitro groups is 1. The highest BCUT2D eigenvalue weighted by Crippen LogP contribution is 2.18. The molecule has 0 atom stereocenters. The Kier molecular flexibility index (Phi) is 4.27. The highest BCUT2D eigenvalue weighted by Gasteiger charge is 2.28. The van der Waals surface area contributed by atoms with Crippen LogP contribution in [-0.4, -0.2) is 40.8 Å². The fourth-order valence-electron chi connectivity index (χ4n) is 2.00. The highest BCUT2D eigenvalue weighted by atomic mass is 16.6. The molecule has 2 rings (SSSR count). The van der Waals surface area contributed by atoms with Crippen LogP contribution in [0, 0.1) is 10.1 Å². The molecule has 1 saturated heterocycles. The number of para-hydroxylation sites is 1. The summed E-state index contributed by atoms with van der Waals surface area (Å²) < 4.78 is 4.75. The van der Waals surface area contributed by atoms with E-state index in [1.54, 1.807) is 0 Å². The van der Waals surface area contributed by atoms with E-state index in [2.05, 4.69) is 0 Å². The van der Waals surface area contributed by atoms with Crippen LogP contribution in [-0.2, 0) is 14.3 Å². The average Bonchev–Trinajstić information content (AvgIpc) is 2.90. The molecule has 0 N–H and O–H groups in total. The summed E-state index contributed by atoms with van der Waals surface area (Å²) in [6.07, 6.45) is 0.881. The molecule has 1 aliphatic rings. The average molecular weight is 292 g/mol. The number of amides is 2. The molecule has 1 fully saturated rings. The minimum Gasteiger partial charge on any atom is -0.452 e. The zero-order valence-corrected chi connectivity index (χ0v) is 11.0. The second kappa shape index (κ2) is 6.12. The van der Waals surface area contributed by atoms with Crippen molar-refractivity contribution >= 4 is 23.5 Å². The lowest BCUT2D eigenvalue weighted by molar-refractivity contribution is -0.385. The predicted octanol–water partition coefficient (Wildman–Crippen LogP) is 0.901. The molecule has 1 aromatic rings. The van der Waals surface area contributed by atoms with Gasteiger partial charge in [-0.15, -0.1) is 0 Å². The molecule has 1 heterocycles. The van der Waals surface area contributed by atoms with Crippen molar-refractivity contribution in [1.29, 1.82) is 0 Å². The maximum absolute atomic E-state index is 11.8. The summed E-state index contributed by atoms with van der Waals surface area (Å²) in [6, 6.07) is 5.28. The van der Waals surface area contributed by atoms with Gasteiger partial charge in [-0.3, -0.25) is 24.6 Å². The van der Waals surface area contributed by atoms with Crippen LogP contribution < -0.4 is 0 Å². The van der Waals surface area contributed by atoms with Crippen molar-refractivity contribution in [2.45, 2.75) is 12.8 Å². The van der Waals surface area contributed by atoms with Crippen molar-refractivity contribution in [1.82, 2.24) is 4.90 Å². The predicted molar refractivity (Wildman–Crippen MR) is 69.3 cm³/mol. The first-order chi connectivity index (χ1) is 10.0. The molecule has 1 aromatic carbocycles. The maximum Gasteiger partial charge on any atom is 0.345 e. The molecule has 0 radical (unpaired) electrons. The molecule has 2 amide bonds. The van der Waals surface area contributed by atoms with Gasteiger partial charge in [-0.1, -0.05) is 12.1 Å². The number of benzene rings is 1. The molecule has 0 unspecified atom stereocenters. The van der Waals surface area contributed by atoms with Gasteiger partial charge < -0.3 is 4.74 Å². The Hall–Kier alpha value is -2.77. The van der Waals surface area contributed by atoms with Gasteiger partial charge in [0.05, 0.1) is 4.92 Å². The number of nitrogens with zero attached hydrogens (tertiary/aromatic N) is 2. The number of carbonyl (C=O) groups excluding carboxylic acids is 3. The van der Waals surface area contributed by atoms with Crippen molar-refractivity contribution in [2.24, 2.45) is 0 Å². The number of hydrogen-bond acceptors (Lipinski definition) is 6. The van der Waals surface area contributed by atoms with Crippen LogP contribution in [0.25, 0.3) is 0 Å². The minimum atomic E-state index is -0.970. The van der Waals surface area contributed by atoms with E-state index < -0.39 is 29.1 Å². The first kappa shape index (κ1) is 14.6. The van der Waals surface area contributed by atoms with E-state index in [-0.39, 0.29) is 11.5 Å². The number of carbonyl (C=O) groups is 3. The first-order valence-electron chi connectivity index (χ1n) is 6.24. The summed E-state index contributed by atoms with van der Waals surface area (Å²) >= 11 is 0. The SMILES string of the molecule is O=C(OCC(=O)N1CCCC1=O)c1ccccc1[N+](=O)[O-]. The second-order valence-electron chi connectivity index (χ2n) is 4.39. The van der Waals surface area contributed by atoms with Gasteiger partial charge in [0.25, 0.3) is 11.6 Å². The van der Waals surface area contributed by atoms with E-state index in [4.69, 9.17) is 4.74 Å². The quantitative estimate of drug-likeness (QED) is 0.463. The van der Waals surface area contributed by atoms with Crippen molar-refractivity contribution in [3.63, 3.8) is 0 Å². The lowest BCUT2D eigenvalue weighted by Crippen LogP contribution is -2.35. The Bertz CT molecular complexity index is 612. The lowest BCUT2D eigenvalue weighted by Gasteiger charge is -2.13. The fraction of sp³-hybridized carbons (Fsp3) is 0.308. The van der Waals surface area contributed by atoms with Gasteiger partial charge >= 0.3 is 5.97 Å². The second-order valence-corrected chi connectivity index (χ2v) is 4.39. The van der Waals surface area contributed by atoms with Crippen LogP contribution in [0.2, 0.25) is 0 Å². The van der Waals surface area contributed by atoms with E-state index in [9.17, 15) is 24.5 Å². The van der Waals surface area contributed by atoms with Crippen LogP contribution in [0.1, 0.15) is 23.2 Å². The molecule has 0 aromatic heterocycles. The Morgan fingerprint density at radius 1 is 1.33 bits per heavy atom. The zero-order valence-electron chi connectivity index (χ0n) is 11.0. The Morgan fingerprint density at radius 2 is 2.05 bits per heavy atom. The smallest absolute Gasteiger partial charge is 0.345 e. The molecule has 0 aliphatic carbocycles. The van der Waals surface area contributed by atoms with Crippen LogP contribution in [0.3, 0.4) is 0 Å².